The van der Waals surface area contributed by atoms with E-state index in [9.17, 15) is 14.9 Å². The molecule has 0 fully saturated rings. The minimum absolute atomic E-state index is 0.0146. The molecule has 1 rings (SSSR count). The molecule has 0 bridgehead atoms. The molecule has 0 radical (unpaired) electrons. The molecule has 0 saturated heterocycles. The number of nitriles is 1. The van der Waals surface area contributed by atoms with Crippen LogP contribution in [0.2, 0.25) is 0 Å². The van der Waals surface area contributed by atoms with Crippen molar-refractivity contribution in [1.29, 1.82) is 5.26 Å². The van der Waals surface area contributed by atoms with Crippen molar-refractivity contribution < 1.29 is 9.72 Å². The zero-order chi connectivity index (χ0) is 12.3. The van der Waals surface area contributed by atoms with E-state index in [2.05, 4.69) is 15.9 Å². The number of nitrogens with zero attached hydrogens (tertiary/aromatic N) is 2. The van der Waals surface area contributed by atoms with Crippen molar-refractivity contribution in [1.82, 2.24) is 0 Å². The van der Waals surface area contributed by atoms with Gasteiger partial charge in [-0.3, -0.25) is 14.9 Å². The van der Waals surface area contributed by atoms with Crippen molar-refractivity contribution in [2.75, 3.05) is 5.33 Å². The second-order valence-corrected chi connectivity index (χ2v) is 4.47. The van der Waals surface area contributed by atoms with Crippen LogP contribution in [0.15, 0.2) is 12.1 Å². The van der Waals surface area contributed by atoms with Gasteiger partial charge in [0.25, 0.3) is 5.69 Å². The number of rotatable bonds is 3. The first-order valence-electron chi connectivity index (χ1n) is 3.99. The van der Waals surface area contributed by atoms with Crippen molar-refractivity contribution in [2.45, 2.75) is 0 Å². The fourth-order valence-electron chi connectivity index (χ4n) is 1.16. The maximum absolute atomic E-state index is 11.5. The van der Waals surface area contributed by atoms with Gasteiger partial charge in [-0.05, 0) is 34.7 Å². The predicted octanol–water partition coefficient (Wildman–Crippen LogP) is 2.65. The second-order valence-electron chi connectivity index (χ2n) is 2.74. The predicted molar refractivity (Wildman–Crippen MR) is 68.7 cm³/mol. The fraction of sp³-hybridized carbons (Fsp3) is 0.111. The Morgan fingerprint density at radius 3 is 2.69 bits per heavy atom. The van der Waals surface area contributed by atoms with Gasteiger partial charge in [-0.2, -0.15) is 5.26 Å². The van der Waals surface area contributed by atoms with Crippen LogP contribution in [0.5, 0.6) is 0 Å². The summed E-state index contributed by atoms with van der Waals surface area (Å²) in [6.45, 7) is 0. The molecule has 0 atom stereocenters. The Bertz CT molecular complexity index is 510. The van der Waals surface area contributed by atoms with Crippen molar-refractivity contribution in [3.63, 3.8) is 0 Å². The number of benzene rings is 1. The highest BCUT2D eigenvalue weighted by Crippen LogP contribution is 2.28. The van der Waals surface area contributed by atoms with E-state index in [-0.39, 0.29) is 16.5 Å². The molecule has 0 amide bonds. The smallest absolute Gasteiger partial charge is 0.293 e. The Labute approximate surface area is 113 Å². The minimum atomic E-state index is -0.698. The monoisotopic (exact) mass is 394 g/mol. The molecule has 0 spiro atoms. The first-order valence-corrected chi connectivity index (χ1v) is 6.19. The zero-order valence-electron chi connectivity index (χ0n) is 7.74. The van der Waals surface area contributed by atoms with Gasteiger partial charge in [0.2, 0.25) is 0 Å². The third kappa shape index (κ3) is 2.38. The maximum atomic E-state index is 11.5. The summed E-state index contributed by atoms with van der Waals surface area (Å²) < 4.78 is 0.456. The average Bonchev–Trinajstić information content (AvgIpc) is 2.27. The Kier molecular flexibility index (Phi) is 4.37. The lowest BCUT2D eigenvalue weighted by Gasteiger charge is -2.03. The summed E-state index contributed by atoms with van der Waals surface area (Å²) in [5.41, 5.74) is -0.532. The van der Waals surface area contributed by atoms with E-state index in [1.54, 1.807) is 6.07 Å². The lowest BCUT2D eigenvalue weighted by atomic mass is 10.1. The molecule has 0 aliphatic heterocycles. The number of carbonyl (C=O) groups excluding carboxylic acids is 1. The van der Waals surface area contributed by atoms with E-state index in [0.29, 0.717) is 3.57 Å². The van der Waals surface area contributed by atoms with Crippen LogP contribution >= 0.6 is 38.5 Å². The highest BCUT2D eigenvalue weighted by molar-refractivity contribution is 14.1. The number of Topliss-reactive ketones (excluding diaryl/α,β-unsaturated/α-hetero) is 1. The first kappa shape index (κ1) is 13.1. The average molecular weight is 395 g/mol. The lowest BCUT2D eigenvalue weighted by Crippen LogP contribution is -2.07. The molecule has 1 aromatic rings. The molecule has 0 heterocycles. The van der Waals surface area contributed by atoms with Crippen LogP contribution in [-0.4, -0.2) is 16.0 Å². The number of ketones is 1. The molecule has 7 heteroatoms. The number of alkyl halides is 1. The van der Waals surface area contributed by atoms with Gasteiger partial charge in [0.15, 0.2) is 5.78 Å². The topological polar surface area (TPSA) is 84.0 Å². The second kappa shape index (κ2) is 5.36. The van der Waals surface area contributed by atoms with Crippen LogP contribution in [0.3, 0.4) is 0 Å². The van der Waals surface area contributed by atoms with Crippen molar-refractivity contribution >= 4 is 50.0 Å². The van der Waals surface area contributed by atoms with E-state index in [0.717, 1.165) is 0 Å². The largest absolute Gasteiger partial charge is 0.298 e. The highest BCUT2D eigenvalue weighted by atomic mass is 127. The number of nitro benzene ring substituents is 1. The van der Waals surface area contributed by atoms with Crippen LogP contribution in [0.25, 0.3) is 0 Å². The van der Waals surface area contributed by atoms with E-state index in [1.165, 1.54) is 12.1 Å². The third-order valence-electron chi connectivity index (χ3n) is 1.84. The molecule has 16 heavy (non-hydrogen) atoms. The van der Waals surface area contributed by atoms with Crippen molar-refractivity contribution in [3.8, 4) is 6.07 Å². The normalized spacial score (nSPS) is 9.56. The van der Waals surface area contributed by atoms with Crippen molar-refractivity contribution in [3.05, 3.63) is 36.9 Å². The lowest BCUT2D eigenvalue weighted by molar-refractivity contribution is -0.385. The van der Waals surface area contributed by atoms with Crippen LogP contribution in [0, 0.1) is 25.0 Å². The molecule has 5 nitrogen and oxygen atoms in total. The Morgan fingerprint density at radius 2 is 2.25 bits per heavy atom. The summed E-state index contributed by atoms with van der Waals surface area (Å²) in [4.78, 5) is 21.6. The number of hydrogen-bond acceptors (Lipinski definition) is 4. The summed E-state index contributed by atoms with van der Waals surface area (Å²) in [5.74, 6) is -0.417. The van der Waals surface area contributed by atoms with E-state index >= 15 is 0 Å². The van der Waals surface area contributed by atoms with Crippen LogP contribution < -0.4 is 0 Å². The van der Waals surface area contributed by atoms with Crippen LogP contribution in [0.1, 0.15) is 15.9 Å². The zero-order valence-corrected chi connectivity index (χ0v) is 11.5. The molecule has 1 aromatic carbocycles. The Hall–Kier alpha value is -1.01. The quantitative estimate of drug-likeness (QED) is 0.259. The van der Waals surface area contributed by atoms with Gasteiger partial charge in [0.05, 0.1) is 15.8 Å². The van der Waals surface area contributed by atoms with Gasteiger partial charge < -0.3 is 0 Å². The summed E-state index contributed by atoms with van der Waals surface area (Å²) in [6.07, 6.45) is 0. The number of halogens is 2. The highest BCUT2D eigenvalue weighted by Gasteiger charge is 2.25. The third-order valence-corrected chi connectivity index (χ3v) is 3.25. The summed E-state index contributed by atoms with van der Waals surface area (Å²) in [6, 6.07) is 4.63. The Balaban J connectivity index is 3.59. The maximum Gasteiger partial charge on any atom is 0.298 e. The molecule has 0 aliphatic rings. The first-order chi connectivity index (χ1) is 7.52. The van der Waals surface area contributed by atoms with Gasteiger partial charge in [-0.1, -0.05) is 15.9 Å². The minimum Gasteiger partial charge on any atom is -0.293 e. The SMILES string of the molecule is N#Cc1c(I)ccc(C(=O)CBr)c1[N+](=O)[O-]. The van der Waals surface area contributed by atoms with Gasteiger partial charge in [-0.15, -0.1) is 0 Å². The van der Waals surface area contributed by atoms with Gasteiger partial charge in [0, 0.05) is 3.57 Å². The van der Waals surface area contributed by atoms with Gasteiger partial charge in [0.1, 0.15) is 11.6 Å². The summed E-state index contributed by atoms with van der Waals surface area (Å²) >= 11 is 4.76. The molecule has 0 aromatic heterocycles. The molecular weight excluding hydrogens is 391 g/mol. The van der Waals surface area contributed by atoms with E-state index in [4.69, 9.17) is 5.26 Å². The standard InChI is InChI=1S/C9H4BrIN2O3/c10-3-8(14)5-1-2-7(11)6(4-12)9(5)13(15)16/h1-2H,3H2. The molecular formula is C9H4BrIN2O3. The van der Waals surface area contributed by atoms with Crippen LogP contribution in [0.4, 0.5) is 5.69 Å². The van der Waals surface area contributed by atoms with Gasteiger partial charge >= 0.3 is 0 Å². The fourth-order valence-corrected chi connectivity index (χ4v) is 2.02. The van der Waals surface area contributed by atoms with E-state index < -0.39 is 16.4 Å². The van der Waals surface area contributed by atoms with Crippen molar-refractivity contribution in [2.24, 2.45) is 0 Å². The van der Waals surface area contributed by atoms with Gasteiger partial charge in [-0.25, -0.2) is 0 Å². The Morgan fingerprint density at radius 1 is 1.62 bits per heavy atom. The molecule has 0 unspecified atom stereocenters. The number of nitro groups is 1. The summed E-state index contributed by atoms with van der Waals surface area (Å²) in [7, 11) is 0. The number of hydrogen-bond donors (Lipinski definition) is 0. The molecule has 0 N–H and O–H groups in total. The molecule has 0 saturated carbocycles. The number of carbonyl (C=O) groups is 1. The molecule has 0 aliphatic carbocycles. The summed E-state index contributed by atoms with van der Waals surface area (Å²) in [5, 5.41) is 19.7. The van der Waals surface area contributed by atoms with E-state index in [1.807, 2.05) is 22.6 Å². The molecule has 82 valence electrons. The van der Waals surface area contributed by atoms with Crippen LogP contribution in [-0.2, 0) is 0 Å².